The number of aromatic amines is 1. The minimum atomic E-state index is -3.48. The van der Waals surface area contributed by atoms with Crippen molar-refractivity contribution < 1.29 is 17.9 Å². The first-order chi connectivity index (χ1) is 20.5. The normalized spacial score (nSPS) is 22.0. The van der Waals surface area contributed by atoms with Crippen LogP contribution in [0.15, 0.2) is 34.5 Å². The fraction of sp³-hybridized carbons (Fsp3) is 0.500. The van der Waals surface area contributed by atoms with Crippen molar-refractivity contribution in [1.82, 2.24) is 19.7 Å². The number of nitrogens with zero attached hydrogens (tertiary/aromatic N) is 6. The van der Waals surface area contributed by atoms with E-state index in [1.165, 1.54) is 4.52 Å². The fourth-order valence-electron chi connectivity index (χ4n) is 6.10. The van der Waals surface area contributed by atoms with E-state index in [9.17, 15) is 13.2 Å². The van der Waals surface area contributed by atoms with Crippen molar-refractivity contribution in [3.8, 4) is 17.3 Å². The lowest BCUT2D eigenvalue weighted by atomic mass is 9.67. The van der Waals surface area contributed by atoms with Gasteiger partial charge in [0.2, 0.25) is 15.9 Å². The molecule has 2 aromatic heterocycles. The molecule has 2 saturated carbocycles. The number of hydrogen-bond acceptors (Lipinski definition) is 7. The van der Waals surface area contributed by atoms with Gasteiger partial charge in [-0.1, -0.05) is 44.9 Å². The summed E-state index contributed by atoms with van der Waals surface area (Å²) in [5, 5.41) is 12.6. The van der Waals surface area contributed by atoms with Crippen molar-refractivity contribution in [1.29, 1.82) is 0 Å². The van der Waals surface area contributed by atoms with Crippen LogP contribution in [0, 0.1) is 30.2 Å². The zero-order valence-electron chi connectivity index (χ0n) is 25.2. The van der Waals surface area contributed by atoms with Crippen molar-refractivity contribution in [2.24, 2.45) is 33.9 Å². The number of nitrogens with one attached hydrogen (secondary N) is 2. The van der Waals surface area contributed by atoms with Crippen LogP contribution in [0.3, 0.4) is 0 Å². The molecular formula is C30H38N8O4S. The number of hydrogen-bond donors (Lipinski definition) is 2. The van der Waals surface area contributed by atoms with Crippen molar-refractivity contribution in [2.45, 2.75) is 66.2 Å². The Kier molecular flexibility index (Phi) is 8.59. The van der Waals surface area contributed by atoms with Gasteiger partial charge in [-0.2, -0.15) is 10.2 Å². The van der Waals surface area contributed by atoms with E-state index in [-0.39, 0.29) is 11.6 Å². The van der Waals surface area contributed by atoms with Gasteiger partial charge in [0.05, 0.1) is 12.8 Å². The molecule has 12 nitrogen and oxygen atoms in total. The second-order valence-electron chi connectivity index (χ2n) is 11.9. The molecule has 0 saturated heterocycles. The number of fused-ring (bicyclic) bond motifs is 1. The van der Waals surface area contributed by atoms with Crippen LogP contribution in [0.1, 0.15) is 65.4 Å². The van der Waals surface area contributed by atoms with E-state index in [0.29, 0.717) is 64.8 Å². The molecule has 1 aromatic carbocycles. The molecule has 13 heteroatoms. The molecule has 2 aliphatic rings. The van der Waals surface area contributed by atoms with Crippen LogP contribution < -0.4 is 9.46 Å². The minimum Gasteiger partial charge on any atom is -0.399 e. The Hall–Kier alpha value is -4.18. The number of carbonyl (C=O) groups excluding carboxylic acids is 1. The molecule has 5 rings (SSSR count). The van der Waals surface area contributed by atoms with E-state index in [2.05, 4.69) is 45.6 Å². The highest BCUT2D eigenvalue weighted by atomic mass is 32.2. The van der Waals surface area contributed by atoms with Crippen molar-refractivity contribution in [2.75, 3.05) is 11.0 Å². The average Bonchev–Trinajstić information content (AvgIpc) is 3.58. The number of anilines is 1. The monoisotopic (exact) mass is 606 g/mol. The van der Waals surface area contributed by atoms with Gasteiger partial charge in [0, 0.05) is 28.7 Å². The third-order valence-electron chi connectivity index (χ3n) is 8.04. The van der Waals surface area contributed by atoms with E-state index in [1.54, 1.807) is 30.5 Å². The SMILES string of the molecule is [C-]#[N+]c1c(CC2C(C)CC(C)CC2C)c2nc(-c3cccc(NS(C)(=O)=O)c3)[nH]n2c1OC(=O)N(N=C1CC1)/N=C\CC. The quantitative estimate of drug-likeness (QED) is 0.164. The van der Waals surface area contributed by atoms with E-state index in [0.717, 1.165) is 42.8 Å². The van der Waals surface area contributed by atoms with Gasteiger partial charge >= 0.3 is 6.09 Å². The third-order valence-corrected chi connectivity index (χ3v) is 8.65. The van der Waals surface area contributed by atoms with Gasteiger partial charge < -0.3 is 4.74 Å². The largest absolute Gasteiger partial charge is 0.457 e. The van der Waals surface area contributed by atoms with Gasteiger partial charge in [-0.15, -0.1) is 0 Å². The molecule has 228 valence electrons. The molecular weight excluding hydrogens is 568 g/mol. The lowest BCUT2D eigenvalue weighted by molar-refractivity contribution is 0.136. The van der Waals surface area contributed by atoms with Gasteiger partial charge in [0.15, 0.2) is 5.82 Å². The first-order valence-corrected chi connectivity index (χ1v) is 16.6. The molecule has 3 aromatic rings. The summed E-state index contributed by atoms with van der Waals surface area (Å²) in [6, 6.07) is 6.84. The van der Waals surface area contributed by atoms with E-state index in [4.69, 9.17) is 16.3 Å². The number of sulfonamides is 1. The van der Waals surface area contributed by atoms with Crippen LogP contribution in [0.4, 0.5) is 16.2 Å². The number of H-pyrrole nitrogens is 1. The van der Waals surface area contributed by atoms with Crippen molar-refractivity contribution in [3.63, 3.8) is 0 Å². The number of carbonyl (C=O) groups is 1. The van der Waals surface area contributed by atoms with E-state index < -0.39 is 16.1 Å². The predicted molar refractivity (Wildman–Crippen MR) is 167 cm³/mol. The zero-order chi connectivity index (χ0) is 30.9. The maximum Gasteiger partial charge on any atom is 0.457 e. The Bertz CT molecular complexity index is 1710. The number of rotatable bonds is 9. The zero-order valence-corrected chi connectivity index (χ0v) is 26.0. The first-order valence-electron chi connectivity index (χ1n) is 14.7. The maximum absolute atomic E-state index is 13.4. The minimum absolute atomic E-state index is 0.0198. The van der Waals surface area contributed by atoms with Crippen LogP contribution in [0.5, 0.6) is 5.88 Å². The van der Waals surface area contributed by atoms with Crippen LogP contribution in [0.25, 0.3) is 21.9 Å². The summed E-state index contributed by atoms with van der Waals surface area (Å²) < 4.78 is 33.5. The lowest BCUT2D eigenvalue weighted by Gasteiger charge is -2.38. The molecule has 2 N–H and O–H groups in total. The second-order valence-corrected chi connectivity index (χ2v) is 13.6. The van der Waals surface area contributed by atoms with Crippen molar-refractivity contribution >= 4 is 45.1 Å². The van der Waals surface area contributed by atoms with E-state index in [1.807, 2.05) is 6.92 Å². The highest BCUT2D eigenvalue weighted by molar-refractivity contribution is 7.92. The molecule has 2 fully saturated rings. The molecule has 2 unspecified atom stereocenters. The Balaban J connectivity index is 1.60. The van der Waals surface area contributed by atoms with Gasteiger partial charge in [0.1, 0.15) is 5.65 Å². The summed E-state index contributed by atoms with van der Waals surface area (Å²) in [6.07, 6.45) is 6.85. The molecule has 0 bridgehead atoms. The summed E-state index contributed by atoms with van der Waals surface area (Å²) in [5.74, 6) is 2.30. The smallest absolute Gasteiger partial charge is 0.399 e. The summed E-state index contributed by atoms with van der Waals surface area (Å²) in [7, 11) is -3.48. The molecule has 2 aliphatic carbocycles. The Morgan fingerprint density at radius 3 is 2.63 bits per heavy atom. The van der Waals surface area contributed by atoms with Crippen LogP contribution in [-0.4, -0.2) is 52.4 Å². The molecule has 43 heavy (non-hydrogen) atoms. The van der Waals surface area contributed by atoms with Crippen LogP contribution in [0.2, 0.25) is 0 Å². The molecule has 0 spiro atoms. The highest BCUT2D eigenvalue weighted by Gasteiger charge is 2.35. The lowest BCUT2D eigenvalue weighted by Crippen LogP contribution is -2.30. The standard InChI is InChI=1S/C30H38N8O4S/c1-7-13-32-38(34-22-11-12-22)30(39)42-29-26(31-5)25(17-24-19(3)14-18(2)15-20(24)4)28-33-27(35-37(28)29)21-9-8-10-23(16-21)36-43(6,40)41/h8-10,13,16,18-20,24,36H,7,11-12,14-15,17H2,1-4,6H3,(H,33,35)/b32-13-. The summed E-state index contributed by atoms with van der Waals surface area (Å²) in [5.41, 5.74) is 3.27. The van der Waals surface area contributed by atoms with Crippen LogP contribution >= 0.6 is 0 Å². The number of hydrazone groups is 2. The molecule has 0 radical (unpaired) electrons. The van der Waals surface area contributed by atoms with Gasteiger partial charge in [-0.3, -0.25) is 9.82 Å². The Morgan fingerprint density at radius 1 is 1.28 bits per heavy atom. The average molecular weight is 607 g/mol. The van der Waals surface area contributed by atoms with Crippen LogP contribution in [-0.2, 0) is 16.4 Å². The molecule has 1 amide bonds. The summed E-state index contributed by atoms with van der Waals surface area (Å²) in [6.45, 7) is 16.8. The first kappa shape index (κ1) is 30.3. The summed E-state index contributed by atoms with van der Waals surface area (Å²) in [4.78, 5) is 22.1. The number of aromatic nitrogens is 3. The molecule has 2 atom stereocenters. The van der Waals surface area contributed by atoms with Gasteiger partial charge in [-0.05, 0) is 74.3 Å². The van der Waals surface area contributed by atoms with Crippen molar-refractivity contribution in [3.05, 3.63) is 41.2 Å². The predicted octanol–water partition coefficient (Wildman–Crippen LogP) is 6.46. The Morgan fingerprint density at radius 2 is 2.00 bits per heavy atom. The number of ether oxygens (including phenoxy) is 1. The number of amides is 1. The van der Waals surface area contributed by atoms with Gasteiger partial charge in [0.25, 0.3) is 5.69 Å². The van der Waals surface area contributed by atoms with E-state index >= 15 is 0 Å². The Labute approximate surface area is 252 Å². The molecule has 2 heterocycles. The number of benzene rings is 1. The maximum atomic E-state index is 13.4. The topological polar surface area (TPSA) is 138 Å². The second kappa shape index (κ2) is 12.2. The highest BCUT2D eigenvalue weighted by Crippen LogP contribution is 2.45. The molecule has 0 aliphatic heterocycles. The summed E-state index contributed by atoms with van der Waals surface area (Å²) >= 11 is 0. The third kappa shape index (κ3) is 6.91. The van der Waals surface area contributed by atoms with Gasteiger partial charge in [-0.25, -0.2) is 27.6 Å². The fourth-order valence-corrected chi connectivity index (χ4v) is 6.66.